The van der Waals surface area contributed by atoms with Crippen LogP contribution in [0.2, 0.25) is 0 Å². The molecular formula is C22H27FO4. The summed E-state index contributed by atoms with van der Waals surface area (Å²) in [7, 11) is 0. The first-order chi connectivity index (χ1) is 12.9. The molecule has 146 valence electrons. The van der Waals surface area contributed by atoms with Crippen molar-refractivity contribution in [1.29, 1.82) is 0 Å². The fourth-order valence-electron chi connectivity index (χ4n) is 2.56. The molecule has 0 atom stereocenters. The molecule has 0 bridgehead atoms. The average Bonchev–Trinajstić information content (AvgIpc) is 2.64. The van der Waals surface area contributed by atoms with Crippen LogP contribution in [0.15, 0.2) is 36.4 Å². The van der Waals surface area contributed by atoms with Gasteiger partial charge in [-0.1, -0.05) is 32.0 Å². The number of aromatic hydroxyl groups is 1. The fourth-order valence-corrected chi connectivity index (χ4v) is 2.56. The molecule has 0 amide bonds. The van der Waals surface area contributed by atoms with Gasteiger partial charge in [-0.3, -0.25) is 4.79 Å². The van der Waals surface area contributed by atoms with Crippen molar-refractivity contribution >= 4 is 5.78 Å². The Balaban J connectivity index is 1.78. The van der Waals surface area contributed by atoms with E-state index in [1.54, 1.807) is 37.3 Å². The van der Waals surface area contributed by atoms with E-state index in [2.05, 4.69) is 0 Å². The number of ketones is 1. The molecular weight excluding hydrogens is 347 g/mol. The van der Waals surface area contributed by atoms with Crippen LogP contribution in [0.3, 0.4) is 0 Å². The van der Waals surface area contributed by atoms with Crippen LogP contribution in [0.4, 0.5) is 4.39 Å². The number of rotatable bonds is 10. The maximum Gasteiger partial charge on any atom is 0.165 e. The lowest BCUT2D eigenvalue weighted by molar-refractivity contribution is -0.121. The molecule has 0 aliphatic rings. The average molecular weight is 374 g/mol. The summed E-state index contributed by atoms with van der Waals surface area (Å²) in [5.74, 6) is 0.634. The number of ether oxygens (including phenoxy) is 2. The predicted molar refractivity (Wildman–Crippen MR) is 103 cm³/mol. The van der Waals surface area contributed by atoms with Gasteiger partial charge in [-0.15, -0.1) is 0 Å². The largest absolute Gasteiger partial charge is 0.507 e. The fraction of sp³-hybridized carbons (Fsp3) is 0.409. The van der Waals surface area contributed by atoms with Crippen LogP contribution in [0, 0.1) is 18.7 Å². The van der Waals surface area contributed by atoms with Gasteiger partial charge in [0.2, 0.25) is 0 Å². The normalized spacial score (nSPS) is 10.9. The van der Waals surface area contributed by atoms with Crippen molar-refractivity contribution in [1.82, 2.24) is 0 Å². The minimum absolute atomic E-state index is 0.0628. The van der Waals surface area contributed by atoms with Gasteiger partial charge in [-0.05, 0) is 38.0 Å². The predicted octanol–water partition coefficient (Wildman–Crippen LogP) is 4.85. The minimum atomic E-state index is -0.365. The van der Waals surface area contributed by atoms with Crippen LogP contribution in [-0.2, 0) is 11.2 Å². The van der Waals surface area contributed by atoms with Gasteiger partial charge >= 0.3 is 0 Å². The molecule has 0 saturated heterocycles. The molecule has 2 aromatic carbocycles. The maximum absolute atomic E-state index is 13.4. The van der Waals surface area contributed by atoms with Crippen LogP contribution < -0.4 is 9.47 Å². The molecule has 0 aliphatic carbocycles. The second-order valence-corrected chi connectivity index (χ2v) is 6.83. The van der Waals surface area contributed by atoms with Gasteiger partial charge in [0.05, 0.1) is 13.2 Å². The van der Waals surface area contributed by atoms with E-state index >= 15 is 0 Å². The lowest BCUT2D eigenvalue weighted by Crippen LogP contribution is -2.10. The number of para-hydroxylation sites is 1. The van der Waals surface area contributed by atoms with Gasteiger partial charge in [0.1, 0.15) is 17.3 Å². The van der Waals surface area contributed by atoms with Crippen molar-refractivity contribution in [3.05, 3.63) is 53.3 Å². The molecule has 0 saturated carbocycles. The van der Waals surface area contributed by atoms with Crippen molar-refractivity contribution in [3.63, 3.8) is 0 Å². The summed E-state index contributed by atoms with van der Waals surface area (Å²) in [6.45, 7) is 6.34. The Morgan fingerprint density at radius 3 is 2.30 bits per heavy atom. The number of halogens is 1. The number of hydrogen-bond donors (Lipinski definition) is 1. The molecule has 1 N–H and O–H groups in total. The maximum atomic E-state index is 13.4. The highest BCUT2D eigenvalue weighted by Crippen LogP contribution is 2.31. The SMILES string of the molecule is Cc1c(OCCCCOc2ccccc2F)ccc(CC(=O)C(C)C)c1O. The molecule has 5 heteroatoms. The number of phenolic OH excluding ortho intramolecular Hbond substituents is 1. The first-order valence-electron chi connectivity index (χ1n) is 9.24. The molecule has 2 aromatic rings. The van der Waals surface area contributed by atoms with E-state index in [1.807, 2.05) is 13.8 Å². The highest BCUT2D eigenvalue weighted by atomic mass is 19.1. The van der Waals surface area contributed by atoms with Crippen molar-refractivity contribution < 1.29 is 23.8 Å². The second-order valence-electron chi connectivity index (χ2n) is 6.83. The monoisotopic (exact) mass is 374 g/mol. The van der Waals surface area contributed by atoms with E-state index in [0.717, 1.165) is 12.8 Å². The third-order valence-electron chi connectivity index (χ3n) is 4.36. The van der Waals surface area contributed by atoms with Crippen molar-refractivity contribution in [2.45, 2.75) is 40.0 Å². The quantitative estimate of drug-likeness (QED) is 0.604. The van der Waals surface area contributed by atoms with Crippen LogP contribution in [0.25, 0.3) is 0 Å². The second kappa shape index (κ2) is 9.95. The molecule has 0 radical (unpaired) electrons. The summed E-state index contributed by atoms with van der Waals surface area (Å²) in [5, 5.41) is 10.3. The zero-order valence-corrected chi connectivity index (χ0v) is 16.1. The number of carbonyl (C=O) groups excluding carboxylic acids is 1. The molecule has 0 aromatic heterocycles. The van der Waals surface area contributed by atoms with Gasteiger partial charge in [0.15, 0.2) is 11.6 Å². The van der Waals surface area contributed by atoms with Crippen molar-refractivity contribution in [3.8, 4) is 17.2 Å². The van der Waals surface area contributed by atoms with E-state index in [4.69, 9.17) is 9.47 Å². The van der Waals surface area contributed by atoms with Gasteiger partial charge in [0, 0.05) is 23.5 Å². The van der Waals surface area contributed by atoms with Gasteiger partial charge in [-0.2, -0.15) is 0 Å². The number of unbranched alkanes of at least 4 members (excludes halogenated alkanes) is 1. The highest BCUT2D eigenvalue weighted by Gasteiger charge is 2.15. The van der Waals surface area contributed by atoms with Gasteiger partial charge in [0.25, 0.3) is 0 Å². The van der Waals surface area contributed by atoms with Gasteiger partial charge in [-0.25, -0.2) is 4.39 Å². The van der Waals surface area contributed by atoms with Crippen LogP contribution in [0.5, 0.6) is 17.2 Å². The minimum Gasteiger partial charge on any atom is -0.507 e. The zero-order chi connectivity index (χ0) is 19.8. The Labute approximate surface area is 159 Å². The molecule has 0 fully saturated rings. The molecule has 2 rings (SSSR count). The smallest absolute Gasteiger partial charge is 0.165 e. The van der Waals surface area contributed by atoms with Crippen LogP contribution in [0.1, 0.15) is 37.8 Å². The Morgan fingerprint density at radius 2 is 1.67 bits per heavy atom. The summed E-state index contributed by atoms with van der Waals surface area (Å²) in [6.07, 6.45) is 1.68. The Morgan fingerprint density at radius 1 is 1.04 bits per heavy atom. The lowest BCUT2D eigenvalue weighted by Gasteiger charge is -2.14. The summed E-state index contributed by atoms with van der Waals surface area (Å²) in [6, 6.07) is 9.84. The summed E-state index contributed by atoms with van der Waals surface area (Å²) < 4.78 is 24.6. The number of carbonyl (C=O) groups is 1. The summed E-state index contributed by atoms with van der Waals surface area (Å²) in [4.78, 5) is 11.9. The van der Waals surface area contributed by atoms with Gasteiger partial charge < -0.3 is 14.6 Å². The molecule has 4 nitrogen and oxygen atoms in total. The van der Waals surface area contributed by atoms with E-state index < -0.39 is 0 Å². The third-order valence-corrected chi connectivity index (χ3v) is 4.36. The summed E-state index contributed by atoms with van der Waals surface area (Å²) >= 11 is 0. The zero-order valence-electron chi connectivity index (χ0n) is 16.1. The topological polar surface area (TPSA) is 55.8 Å². The highest BCUT2D eigenvalue weighted by molar-refractivity contribution is 5.83. The first kappa shape index (κ1) is 20.7. The Kier molecular flexibility index (Phi) is 7.65. The number of phenols is 1. The number of hydrogen-bond acceptors (Lipinski definition) is 4. The lowest BCUT2D eigenvalue weighted by atomic mass is 9.98. The Bertz CT molecular complexity index is 771. The van der Waals surface area contributed by atoms with E-state index in [-0.39, 0.29) is 35.4 Å². The first-order valence-corrected chi connectivity index (χ1v) is 9.24. The number of Topliss-reactive ketones (excluding diaryl/α,β-unsaturated/α-hetero) is 1. The molecule has 0 spiro atoms. The number of benzene rings is 2. The molecule has 0 heterocycles. The van der Waals surface area contributed by atoms with Crippen molar-refractivity contribution in [2.75, 3.05) is 13.2 Å². The van der Waals surface area contributed by atoms with Crippen LogP contribution in [-0.4, -0.2) is 24.1 Å². The van der Waals surface area contributed by atoms with E-state index in [9.17, 15) is 14.3 Å². The molecule has 27 heavy (non-hydrogen) atoms. The van der Waals surface area contributed by atoms with Crippen LogP contribution >= 0.6 is 0 Å². The molecule has 0 unspecified atom stereocenters. The third kappa shape index (κ3) is 5.98. The van der Waals surface area contributed by atoms with E-state index in [0.29, 0.717) is 30.1 Å². The van der Waals surface area contributed by atoms with Crippen molar-refractivity contribution in [2.24, 2.45) is 5.92 Å². The standard InChI is InChI=1S/C22H27FO4/c1-15(2)19(24)14-17-10-11-20(16(3)22(17)25)26-12-6-7-13-27-21-9-5-4-8-18(21)23/h4-5,8-11,15,25H,6-7,12-14H2,1-3H3. The molecule has 0 aliphatic heterocycles. The summed E-state index contributed by atoms with van der Waals surface area (Å²) in [5.41, 5.74) is 1.25. The Hall–Kier alpha value is -2.56. The van der Waals surface area contributed by atoms with E-state index in [1.165, 1.54) is 6.07 Å².